The maximum atomic E-state index is 10.4. The van der Waals surface area contributed by atoms with Crippen molar-refractivity contribution >= 4 is 5.97 Å². The topological polar surface area (TPSA) is 75.4 Å². The summed E-state index contributed by atoms with van der Waals surface area (Å²) in [4.78, 5) is 10.4. The quantitative estimate of drug-likeness (QED) is 0.664. The first kappa shape index (κ1) is 9.73. The van der Waals surface area contributed by atoms with Gasteiger partial charge in [-0.3, -0.25) is 0 Å². The van der Waals surface area contributed by atoms with Crippen molar-refractivity contribution < 1.29 is 14.4 Å². The molecule has 1 aromatic heterocycles. The molecule has 0 saturated heterocycles. The van der Waals surface area contributed by atoms with Crippen LogP contribution in [0.2, 0.25) is 0 Å². The molecule has 2 N–H and O–H groups in total. The van der Waals surface area contributed by atoms with Crippen molar-refractivity contribution in [1.29, 1.82) is 0 Å². The number of carboxylic acids is 1. The van der Waals surface area contributed by atoms with Gasteiger partial charge in [0.1, 0.15) is 0 Å². The summed E-state index contributed by atoms with van der Waals surface area (Å²) >= 11 is 0. The van der Waals surface area contributed by atoms with Crippen LogP contribution in [0.5, 0.6) is 0 Å². The van der Waals surface area contributed by atoms with Gasteiger partial charge in [0.2, 0.25) is 0 Å². The van der Waals surface area contributed by atoms with E-state index in [4.69, 9.17) is 9.63 Å². The van der Waals surface area contributed by atoms with Crippen molar-refractivity contribution in [2.45, 2.75) is 19.9 Å². The van der Waals surface area contributed by atoms with Crippen molar-refractivity contribution in [3.63, 3.8) is 0 Å². The molecule has 0 amide bonds. The van der Waals surface area contributed by atoms with E-state index in [0.717, 1.165) is 13.0 Å². The van der Waals surface area contributed by atoms with Gasteiger partial charge in [-0.2, -0.15) is 0 Å². The zero-order valence-corrected chi connectivity index (χ0v) is 7.41. The van der Waals surface area contributed by atoms with Gasteiger partial charge in [0, 0.05) is 6.07 Å². The molecule has 5 heteroatoms. The van der Waals surface area contributed by atoms with Gasteiger partial charge in [0.15, 0.2) is 11.5 Å². The zero-order valence-electron chi connectivity index (χ0n) is 7.41. The normalized spacial score (nSPS) is 10.2. The van der Waals surface area contributed by atoms with Gasteiger partial charge in [0.05, 0.1) is 6.54 Å². The van der Waals surface area contributed by atoms with Crippen LogP contribution in [0, 0.1) is 0 Å². The monoisotopic (exact) mass is 184 g/mol. The van der Waals surface area contributed by atoms with Crippen molar-refractivity contribution in [3.8, 4) is 0 Å². The Morgan fingerprint density at radius 3 is 3.08 bits per heavy atom. The molecule has 0 aliphatic heterocycles. The SMILES string of the molecule is CCCNCc1cc(C(=O)O)no1. The number of nitrogens with zero attached hydrogens (tertiary/aromatic N) is 1. The summed E-state index contributed by atoms with van der Waals surface area (Å²) in [6, 6.07) is 1.42. The van der Waals surface area contributed by atoms with Gasteiger partial charge >= 0.3 is 5.97 Å². The Bertz CT molecular complexity index is 283. The van der Waals surface area contributed by atoms with E-state index in [1.807, 2.05) is 0 Å². The lowest BCUT2D eigenvalue weighted by Crippen LogP contribution is -2.13. The molecule has 13 heavy (non-hydrogen) atoms. The molecule has 5 nitrogen and oxygen atoms in total. The van der Waals surface area contributed by atoms with E-state index >= 15 is 0 Å². The fraction of sp³-hybridized carbons (Fsp3) is 0.500. The lowest BCUT2D eigenvalue weighted by molar-refractivity contribution is 0.0685. The van der Waals surface area contributed by atoms with Crippen LogP contribution in [-0.4, -0.2) is 22.8 Å². The molecule has 0 bridgehead atoms. The number of nitrogens with one attached hydrogen (secondary N) is 1. The summed E-state index contributed by atoms with van der Waals surface area (Å²) in [5.74, 6) is -0.517. The zero-order chi connectivity index (χ0) is 9.68. The van der Waals surface area contributed by atoms with Gasteiger partial charge < -0.3 is 14.9 Å². The highest BCUT2D eigenvalue weighted by Gasteiger charge is 2.09. The largest absolute Gasteiger partial charge is 0.476 e. The van der Waals surface area contributed by atoms with Gasteiger partial charge in [0.25, 0.3) is 0 Å². The predicted octanol–water partition coefficient (Wildman–Crippen LogP) is 0.872. The molecule has 72 valence electrons. The maximum absolute atomic E-state index is 10.4. The Morgan fingerprint density at radius 2 is 2.54 bits per heavy atom. The minimum absolute atomic E-state index is 0.0479. The van der Waals surface area contributed by atoms with E-state index in [1.165, 1.54) is 6.07 Å². The first-order valence-corrected chi connectivity index (χ1v) is 4.13. The number of rotatable bonds is 5. The minimum Gasteiger partial charge on any atom is -0.476 e. The Hall–Kier alpha value is -1.36. The second kappa shape index (κ2) is 4.61. The Balaban J connectivity index is 2.44. The first-order valence-electron chi connectivity index (χ1n) is 4.13. The summed E-state index contributed by atoms with van der Waals surface area (Å²) in [6.07, 6.45) is 1.03. The lowest BCUT2D eigenvalue weighted by atomic mass is 10.3. The molecule has 0 unspecified atom stereocenters. The fourth-order valence-electron chi connectivity index (χ4n) is 0.885. The van der Waals surface area contributed by atoms with Gasteiger partial charge in [-0.05, 0) is 13.0 Å². The number of hydrogen-bond donors (Lipinski definition) is 2. The summed E-state index contributed by atoms with van der Waals surface area (Å²) in [5, 5.41) is 15.0. The number of carboxylic acid groups (broad SMARTS) is 1. The van der Waals surface area contributed by atoms with Crippen LogP contribution in [0.1, 0.15) is 29.6 Å². The summed E-state index contributed by atoms with van der Waals surface area (Å²) in [6.45, 7) is 3.45. The Kier molecular flexibility index (Phi) is 3.45. The molecular formula is C8H12N2O3. The molecule has 0 aliphatic rings. The van der Waals surface area contributed by atoms with Crippen LogP contribution in [0.4, 0.5) is 0 Å². The predicted molar refractivity (Wildman–Crippen MR) is 45.5 cm³/mol. The molecule has 0 atom stereocenters. The molecular weight excluding hydrogens is 172 g/mol. The standard InChI is InChI=1S/C8H12N2O3/c1-2-3-9-5-6-4-7(8(11)12)10-13-6/h4,9H,2-3,5H2,1H3,(H,11,12). The average molecular weight is 184 g/mol. The third-order valence-electron chi connectivity index (χ3n) is 1.50. The molecule has 0 aromatic carbocycles. The van der Waals surface area contributed by atoms with Crippen LogP contribution < -0.4 is 5.32 Å². The Morgan fingerprint density at radius 1 is 1.77 bits per heavy atom. The van der Waals surface area contributed by atoms with Crippen LogP contribution in [0.25, 0.3) is 0 Å². The molecule has 0 radical (unpaired) electrons. The highest BCUT2D eigenvalue weighted by atomic mass is 16.5. The number of aromatic nitrogens is 1. The maximum Gasteiger partial charge on any atom is 0.358 e. The van der Waals surface area contributed by atoms with Gasteiger partial charge in [-0.25, -0.2) is 4.79 Å². The van der Waals surface area contributed by atoms with Gasteiger partial charge in [-0.15, -0.1) is 0 Å². The smallest absolute Gasteiger partial charge is 0.358 e. The highest BCUT2D eigenvalue weighted by Crippen LogP contribution is 2.02. The van der Waals surface area contributed by atoms with Crippen molar-refractivity contribution in [3.05, 3.63) is 17.5 Å². The van der Waals surface area contributed by atoms with E-state index in [9.17, 15) is 4.79 Å². The van der Waals surface area contributed by atoms with Crippen molar-refractivity contribution in [1.82, 2.24) is 10.5 Å². The van der Waals surface area contributed by atoms with Gasteiger partial charge in [-0.1, -0.05) is 12.1 Å². The molecule has 0 spiro atoms. The average Bonchev–Trinajstić information content (AvgIpc) is 2.53. The molecule has 0 aliphatic carbocycles. The summed E-state index contributed by atoms with van der Waals surface area (Å²) in [7, 11) is 0. The fourth-order valence-corrected chi connectivity index (χ4v) is 0.885. The first-order chi connectivity index (χ1) is 6.24. The van der Waals surface area contributed by atoms with Crippen LogP contribution in [-0.2, 0) is 6.54 Å². The Labute approximate surface area is 75.7 Å². The van der Waals surface area contributed by atoms with Crippen LogP contribution in [0.3, 0.4) is 0 Å². The van der Waals surface area contributed by atoms with Crippen molar-refractivity contribution in [2.24, 2.45) is 0 Å². The van der Waals surface area contributed by atoms with E-state index < -0.39 is 5.97 Å². The van der Waals surface area contributed by atoms with E-state index in [0.29, 0.717) is 12.3 Å². The second-order valence-corrected chi connectivity index (χ2v) is 2.66. The lowest BCUT2D eigenvalue weighted by Gasteiger charge is -1.96. The molecule has 0 saturated carbocycles. The van der Waals surface area contributed by atoms with E-state index in [1.54, 1.807) is 0 Å². The number of hydrogen-bond acceptors (Lipinski definition) is 4. The number of aromatic carboxylic acids is 1. The third kappa shape index (κ3) is 2.87. The van der Waals surface area contributed by atoms with E-state index in [2.05, 4.69) is 17.4 Å². The molecule has 1 heterocycles. The van der Waals surface area contributed by atoms with Crippen molar-refractivity contribution in [2.75, 3.05) is 6.54 Å². The van der Waals surface area contributed by atoms with E-state index in [-0.39, 0.29) is 5.69 Å². The molecule has 1 rings (SSSR count). The second-order valence-electron chi connectivity index (χ2n) is 2.66. The van der Waals surface area contributed by atoms with Crippen LogP contribution in [0.15, 0.2) is 10.6 Å². The molecule has 1 aromatic rings. The third-order valence-corrected chi connectivity index (χ3v) is 1.50. The molecule has 0 fully saturated rings. The summed E-state index contributed by atoms with van der Waals surface area (Å²) < 4.78 is 4.78. The highest BCUT2D eigenvalue weighted by molar-refractivity contribution is 5.85. The summed E-state index contributed by atoms with van der Waals surface area (Å²) in [5.41, 5.74) is -0.0479. The minimum atomic E-state index is -1.06. The number of carbonyl (C=O) groups is 1. The van der Waals surface area contributed by atoms with Crippen LogP contribution >= 0.6 is 0 Å².